The number of amides is 1. The fourth-order valence-corrected chi connectivity index (χ4v) is 2.99. The molecule has 0 aliphatic carbocycles. The quantitative estimate of drug-likeness (QED) is 0.905. The molecule has 0 spiro atoms. The Morgan fingerprint density at radius 1 is 1.33 bits per heavy atom. The van der Waals surface area contributed by atoms with Gasteiger partial charge in [0.2, 0.25) is 0 Å². The second kappa shape index (κ2) is 6.16. The maximum Gasteiger partial charge on any atom is 0.329 e. The topological polar surface area (TPSA) is 66.8 Å². The molecule has 1 heterocycles. The molecule has 5 heteroatoms. The fourth-order valence-electron chi connectivity index (χ4n) is 2.99. The van der Waals surface area contributed by atoms with Gasteiger partial charge in [0.1, 0.15) is 11.3 Å². The van der Waals surface area contributed by atoms with E-state index in [1.807, 2.05) is 13.8 Å². The molecule has 1 aliphatic rings. The number of likely N-dealkylation sites (tertiary alicyclic amines) is 1. The number of carboxylic acids is 1. The van der Waals surface area contributed by atoms with E-state index in [0.717, 1.165) is 0 Å². The lowest BCUT2D eigenvalue weighted by Gasteiger charge is -2.34. The third-order valence-electron chi connectivity index (χ3n) is 4.13. The Labute approximate surface area is 124 Å². The first kappa shape index (κ1) is 15.4. The highest BCUT2D eigenvalue weighted by molar-refractivity contribution is 6.00. The summed E-state index contributed by atoms with van der Waals surface area (Å²) < 4.78 is 5.49. The number of rotatable bonds is 5. The van der Waals surface area contributed by atoms with Crippen LogP contribution >= 0.6 is 0 Å². The molecule has 0 bridgehead atoms. The van der Waals surface area contributed by atoms with Gasteiger partial charge in [-0.15, -0.1) is 0 Å². The molecule has 1 atom stereocenters. The standard InChI is InChI=1S/C16H21NO4/c1-3-16(15(19)20)10-7-11-17(16)14(18)12-8-5-6-9-13(12)21-4-2/h5-6,8-9H,3-4,7,10-11H2,1-2H3,(H,19,20). The molecular weight excluding hydrogens is 270 g/mol. The molecule has 0 saturated carbocycles. The van der Waals surface area contributed by atoms with Gasteiger partial charge in [0, 0.05) is 6.54 Å². The molecular formula is C16H21NO4. The van der Waals surface area contributed by atoms with Gasteiger partial charge in [-0.1, -0.05) is 19.1 Å². The van der Waals surface area contributed by atoms with Gasteiger partial charge in [-0.05, 0) is 38.3 Å². The summed E-state index contributed by atoms with van der Waals surface area (Å²) in [5, 5.41) is 9.58. The van der Waals surface area contributed by atoms with Crippen molar-refractivity contribution in [1.29, 1.82) is 0 Å². The maximum atomic E-state index is 12.8. The molecule has 1 N–H and O–H groups in total. The first-order valence-corrected chi connectivity index (χ1v) is 7.34. The largest absolute Gasteiger partial charge is 0.493 e. The zero-order chi connectivity index (χ0) is 15.5. The van der Waals surface area contributed by atoms with Crippen molar-refractivity contribution in [3.63, 3.8) is 0 Å². The van der Waals surface area contributed by atoms with E-state index in [-0.39, 0.29) is 5.91 Å². The van der Waals surface area contributed by atoms with Crippen LogP contribution in [0.2, 0.25) is 0 Å². The minimum absolute atomic E-state index is 0.263. The molecule has 0 radical (unpaired) electrons. The zero-order valence-corrected chi connectivity index (χ0v) is 12.5. The van der Waals surface area contributed by atoms with E-state index < -0.39 is 11.5 Å². The highest BCUT2D eigenvalue weighted by Gasteiger charge is 2.49. The Hall–Kier alpha value is -2.04. The van der Waals surface area contributed by atoms with Crippen LogP contribution in [-0.2, 0) is 4.79 Å². The van der Waals surface area contributed by atoms with E-state index in [1.165, 1.54) is 4.90 Å². The molecule has 1 fully saturated rings. The second-order valence-corrected chi connectivity index (χ2v) is 5.18. The van der Waals surface area contributed by atoms with E-state index in [1.54, 1.807) is 24.3 Å². The molecule has 1 saturated heterocycles. The monoisotopic (exact) mass is 291 g/mol. The van der Waals surface area contributed by atoms with Crippen LogP contribution in [0.1, 0.15) is 43.5 Å². The third kappa shape index (κ3) is 2.60. The van der Waals surface area contributed by atoms with Crippen molar-refractivity contribution in [3.05, 3.63) is 29.8 Å². The van der Waals surface area contributed by atoms with Crippen molar-refractivity contribution < 1.29 is 19.4 Å². The summed E-state index contributed by atoms with van der Waals surface area (Å²) >= 11 is 0. The van der Waals surface area contributed by atoms with Crippen molar-refractivity contribution in [1.82, 2.24) is 4.90 Å². The first-order valence-electron chi connectivity index (χ1n) is 7.34. The van der Waals surface area contributed by atoms with E-state index in [4.69, 9.17) is 4.74 Å². The summed E-state index contributed by atoms with van der Waals surface area (Å²) in [6, 6.07) is 6.99. The number of hydrogen-bond donors (Lipinski definition) is 1. The number of hydrogen-bond acceptors (Lipinski definition) is 3. The average molecular weight is 291 g/mol. The second-order valence-electron chi connectivity index (χ2n) is 5.18. The Morgan fingerprint density at radius 3 is 2.67 bits per heavy atom. The number of carbonyl (C=O) groups excluding carboxylic acids is 1. The summed E-state index contributed by atoms with van der Waals surface area (Å²) in [6.45, 7) is 4.60. The molecule has 1 aromatic rings. The van der Waals surface area contributed by atoms with Crippen LogP contribution in [0.3, 0.4) is 0 Å². The van der Waals surface area contributed by atoms with Crippen LogP contribution in [0.4, 0.5) is 0 Å². The van der Waals surface area contributed by atoms with Crippen molar-refractivity contribution in [3.8, 4) is 5.75 Å². The lowest BCUT2D eigenvalue weighted by Crippen LogP contribution is -2.52. The molecule has 1 amide bonds. The number of nitrogens with zero attached hydrogens (tertiary/aromatic N) is 1. The van der Waals surface area contributed by atoms with Crippen molar-refractivity contribution in [2.75, 3.05) is 13.2 Å². The van der Waals surface area contributed by atoms with E-state index >= 15 is 0 Å². The number of carboxylic acid groups (broad SMARTS) is 1. The molecule has 21 heavy (non-hydrogen) atoms. The van der Waals surface area contributed by atoms with E-state index in [2.05, 4.69) is 0 Å². The number of benzene rings is 1. The lowest BCUT2D eigenvalue weighted by molar-refractivity contribution is -0.148. The Kier molecular flexibility index (Phi) is 4.50. The summed E-state index contributed by atoms with van der Waals surface area (Å²) in [6.07, 6.45) is 1.62. The van der Waals surface area contributed by atoms with Gasteiger partial charge >= 0.3 is 5.97 Å². The first-order chi connectivity index (χ1) is 10.1. The molecule has 114 valence electrons. The Bertz CT molecular complexity index is 543. The molecule has 1 aliphatic heterocycles. The maximum absolute atomic E-state index is 12.8. The van der Waals surface area contributed by atoms with Gasteiger partial charge in [-0.3, -0.25) is 4.79 Å². The summed E-state index contributed by atoms with van der Waals surface area (Å²) in [4.78, 5) is 26.0. The van der Waals surface area contributed by atoms with E-state index in [9.17, 15) is 14.7 Å². The van der Waals surface area contributed by atoms with Crippen LogP contribution < -0.4 is 4.74 Å². The fraction of sp³-hybridized carbons (Fsp3) is 0.500. The van der Waals surface area contributed by atoms with Crippen molar-refractivity contribution in [2.24, 2.45) is 0 Å². The van der Waals surface area contributed by atoms with Crippen molar-refractivity contribution in [2.45, 2.75) is 38.6 Å². The minimum atomic E-state index is -1.09. The summed E-state index contributed by atoms with van der Waals surface area (Å²) in [5.41, 5.74) is -0.656. The summed E-state index contributed by atoms with van der Waals surface area (Å²) in [7, 11) is 0. The predicted molar refractivity (Wildman–Crippen MR) is 78.5 cm³/mol. The van der Waals surface area contributed by atoms with Gasteiger partial charge in [0.05, 0.1) is 12.2 Å². The van der Waals surface area contributed by atoms with Crippen molar-refractivity contribution >= 4 is 11.9 Å². The molecule has 2 rings (SSSR count). The number of aliphatic carboxylic acids is 1. The smallest absolute Gasteiger partial charge is 0.329 e. The lowest BCUT2D eigenvalue weighted by atomic mass is 9.92. The minimum Gasteiger partial charge on any atom is -0.493 e. The normalized spacial score (nSPS) is 21.3. The van der Waals surface area contributed by atoms with Crippen LogP contribution in [-0.4, -0.2) is 40.6 Å². The highest BCUT2D eigenvalue weighted by atomic mass is 16.5. The molecule has 5 nitrogen and oxygen atoms in total. The highest BCUT2D eigenvalue weighted by Crippen LogP contribution is 2.35. The number of carbonyl (C=O) groups is 2. The predicted octanol–water partition coefficient (Wildman–Crippen LogP) is 2.55. The Balaban J connectivity index is 2.37. The third-order valence-corrected chi connectivity index (χ3v) is 4.13. The van der Waals surface area contributed by atoms with Crippen LogP contribution in [0.25, 0.3) is 0 Å². The van der Waals surface area contributed by atoms with Crippen LogP contribution in [0.15, 0.2) is 24.3 Å². The van der Waals surface area contributed by atoms with Gasteiger partial charge in [0.25, 0.3) is 5.91 Å². The SMILES string of the molecule is CCOc1ccccc1C(=O)N1CCCC1(CC)C(=O)O. The molecule has 1 aromatic carbocycles. The number of ether oxygens (including phenoxy) is 1. The average Bonchev–Trinajstić information content (AvgIpc) is 2.92. The van der Waals surface area contributed by atoms with E-state index in [0.29, 0.717) is 43.7 Å². The molecule has 0 aromatic heterocycles. The molecule has 1 unspecified atom stereocenters. The zero-order valence-electron chi connectivity index (χ0n) is 12.5. The van der Waals surface area contributed by atoms with Crippen LogP contribution in [0, 0.1) is 0 Å². The van der Waals surface area contributed by atoms with Gasteiger partial charge < -0.3 is 14.7 Å². The van der Waals surface area contributed by atoms with Gasteiger partial charge in [-0.2, -0.15) is 0 Å². The van der Waals surface area contributed by atoms with Gasteiger partial charge in [0.15, 0.2) is 0 Å². The summed E-state index contributed by atoms with van der Waals surface area (Å²) in [5.74, 6) is -0.683. The number of para-hydroxylation sites is 1. The Morgan fingerprint density at radius 2 is 2.05 bits per heavy atom. The van der Waals surface area contributed by atoms with Gasteiger partial charge in [-0.25, -0.2) is 4.79 Å². The van der Waals surface area contributed by atoms with Crippen LogP contribution in [0.5, 0.6) is 5.75 Å².